The lowest BCUT2D eigenvalue weighted by Gasteiger charge is -2.07. The summed E-state index contributed by atoms with van der Waals surface area (Å²) < 4.78 is 38.6. The smallest absolute Gasteiger partial charge is 0.422 e. The Labute approximate surface area is 80.9 Å². The molecular weight excluding hydrogens is 288 g/mol. The van der Waals surface area contributed by atoms with E-state index < -0.39 is 18.8 Å². The third kappa shape index (κ3) is 5.39. The van der Waals surface area contributed by atoms with E-state index in [1.807, 2.05) is 22.6 Å². The molecule has 12 heavy (non-hydrogen) atoms. The number of ether oxygens (including phenoxy) is 1. The Bertz CT molecular complexity index is 188. The minimum absolute atomic E-state index is 0.0276. The van der Waals surface area contributed by atoms with Crippen LogP contribution in [0.15, 0.2) is 12.2 Å². The second-order valence-corrected chi connectivity index (χ2v) is 2.69. The van der Waals surface area contributed by atoms with Crippen LogP contribution in [0.2, 0.25) is 0 Å². The van der Waals surface area contributed by atoms with Gasteiger partial charge >= 0.3 is 12.1 Å². The first-order chi connectivity index (χ1) is 5.37. The highest BCUT2D eigenvalue weighted by molar-refractivity contribution is 14.1. The summed E-state index contributed by atoms with van der Waals surface area (Å²) in [6.45, 7) is 1.67. The standard InChI is InChI=1S/C6H6F3IO2/c1-4(2-10)5(11)12-3-6(7,8)9/h1-3H2. The van der Waals surface area contributed by atoms with Crippen molar-refractivity contribution in [3.8, 4) is 0 Å². The Balaban J connectivity index is 3.80. The summed E-state index contributed by atoms with van der Waals surface area (Å²) in [4.78, 5) is 10.6. The maximum atomic E-state index is 11.5. The van der Waals surface area contributed by atoms with Crippen molar-refractivity contribution < 1.29 is 22.7 Å². The molecule has 0 amide bonds. The van der Waals surface area contributed by atoms with Crippen molar-refractivity contribution in [3.05, 3.63) is 12.2 Å². The van der Waals surface area contributed by atoms with Crippen LogP contribution in [0.3, 0.4) is 0 Å². The van der Waals surface area contributed by atoms with Crippen molar-refractivity contribution in [1.82, 2.24) is 0 Å². The average Bonchev–Trinajstić information content (AvgIpc) is 1.97. The molecule has 0 fully saturated rings. The van der Waals surface area contributed by atoms with E-state index >= 15 is 0 Å². The van der Waals surface area contributed by atoms with Gasteiger partial charge in [0.05, 0.1) is 0 Å². The summed E-state index contributed by atoms with van der Waals surface area (Å²) >= 11 is 1.81. The van der Waals surface area contributed by atoms with Gasteiger partial charge in [-0.05, 0) is 0 Å². The molecule has 0 radical (unpaired) electrons. The predicted molar refractivity (Wildman–Crippen MR) is 45.0 cm³/mol. The lowest BCUT2D eigenvalue weighted by Crippen LogP contribution is -2.21. The van der Waals surface area contributed by atoms with Gasteiger partial charge in [-0.25, -0.2) is 4.79 Å². The van der Waals surface area contributed by atoms with Crippen LogP contribution in [0.25, 0.3) is 0 Å². The van der Waals surface area contributed by atoms with Crippen LogP contribution in [0.4, 0.5) is 13.2 Å². The fraction of sp³-hybridized carbons (Fsp3) is 0.500. The molecule has 0 unspecified atom stereocenters. The molecule has 0 N–H and O–H groups in total. The number of rotatable bonds is 3. The zero-order valence-electron chi connectivity index (χ0n) is 5.95. The molecule has 70 valence electrons. The van der Waals surface area contributed by atoms with E-state index in [2.05, 4.69) is 11.3 Å². The second-order valence-electron chi connectivity index (χ2n) is 1.93. The van der Waals surface area contributed by atoms with E-state index in [0.29, 0.717) is 0 Å². The number of esters is 1. The highest BCUT2D eigenvalue weighted by Gasteiger charge is 2.29. The van der Waals surface area contributed by atoms with E-state index in [-0.39, 0.29) is 10.0 Å². The van der Waals surface area contributed by atoms with Crippen molar-refractivity contribution in [3.63, 3.8) is 0 Å². The van der Waals surface area contributed by atoms with Gasteiger partial charge in [0.1, 0.15) is 0 Å². The van der Waals surface area contributed by atoms with Crippen LogP contribution >= 0.6 is 22.6 Å². The van der Waals surface area contributed by atoms with Crippen molar-refractivity contribution in [2.45, 2.75) is 6.18 Å². The number of alkyl halides is 4. The van der Waals surface area contributed by atoms with E-state index in [1.54, 1.807) is 0 Å². The summed E-state index contributed by atoms with van der Waals surface area (Å²) in [7, 11) is 0. The highest BCUT2D eigenvalue weighted by Crippen LogP contribution is 2.15. The molecule has 0 rings (SSSR count). The normalized spacial score (nSPS) is 11.0. The molecule has 0 bridgehead atoms. The van der Waals surface area contributed by atoms with Crippen LogP contribution < -0.4 is 0 Å². The zero-order valence-corrected chi connectivity index (χ0v) is 8.11. The molecule has 0 heterocycles. The molecule has 6 heteroatoms. The maximum absolute atomic E-state index is 11.5. The maximum Gasteiger partial charge on any atom is 0.422 e. The van der Waals surface area contributed by atoms with Gasteiger partial charge in [0.25, 0.3) is 0 Å². The van der Waals surface area contributed by atoms with Gasteiger partial charge in [-0.3, -0.25) is 0 Å². The fourth-order valence-electron chi connectivity index (χ4n) is 0.304. The monoisotopic (exact) mass is 294 g/mol. The third-order valence-corrected chi connectivity index (χ3v) is 1.74. The topological polar surface area (TPSA) is 26.3 Å². The first-order valence-electron chi connectivity index (χ1n) is 2.84. The third-order valence-electron chi connectivity index (χ3n) is 0.817. The number of carbonyl (C=O) groups is 1. The average molecular weight is 294 g/mol. The summed E-state index contributed by atoms with van der Waals surface area (Å²) in [6.07, 6.45) is -4.47. The van der Waals surface area contributed by atoms with E-state index in [9.17, 15) is 18.0 Å². The number of hydrogen-bond acceptors (Lipinski definition) is 2. The zero-order chi connectivity index (χ0) is 9.78. The van der Waals surface area contributed by atoms with Gasteiger partial charge in [-0.2, -0.15) is 13.2 Å². The van der Waals surface area contributed by atoms with Gasteiger partial charge in [-0.1, -0.05) is 29.2 Å². The van der Waals surface area contributed by atoms with Crippen LogP contribution in [-0.4, -0.2) is 23.2 Å². The Hall–Kier alpha value is -0.270. The summed E-state index contributed by atoms with van der Waals surface area (Å²) in [5.74, 6) is -0.998. The summed E-state index contributed by atoms with van der Waals surface area (Å²) in [5.41, 5.74) is 0.0276. The van der Waals surface area contributed by atoms with Crippen LogP contribution in [0.5, 0.6) is 0 Å². The van der Waals surface area contributed by atoms with Gasteiger partial charge < -0.3 is 4.74 Å². The molecule has 0 aliphatic carbocycles. The van der Waals surface area contributed by atoms with E-state index in [4.69, 9.17) is 0 Å². The lowest BCUT2D eigenvalue weighted by molar-refractivity contribution is -0.183. The number of hydrogen-bond donors (Lipinski definition) is 0. The predicted octanol–water partition coefficient (Wildman–Crippen LogP) is 2.08. The minimum atomic E-state index is -4.47. The van der Waals surface area contributed by atoms with Crippen molar-refractivity contribution >= 4 is 28.6 Å². The quantitative estimate of drug-likeness (QED) is 0.345. The Morgan fingerprint density at radius 2 is 2.00 bits per heavy atom. The van der Waals surface area contributed by atoms with Crippen LogP contribution in [0, 0.1) is 0 Å². The first-order valence-corrected chi connectivity index (χ1v) is 4.37. The molecule has 2 nitrogen and oxygen atoms in total. The fourth-order valence-corrected chi connectivity index (χ4v) is 0.615. The molecule has 0 aliphatic heterocycles. The Morgan fingerprint density at radius 3 is 2.33 bits per heavy atom. The van der Waals surface area contributed by atoms with Crippen molar-refractivity contribution in [1.29, 1.82) is 0 Å². The summed E-state index contributed by atoms with van der Waals surface area (Å²) in [5, 5.41) is 0. The van der Waals surface area contributed by atoms with Gasteiger partial charge in [0.2, 0.25) is 0 Å². The highest BCUT2D eigenvalue weighted by atomic mass is 127. The first kappa shape index (κ1) is 11.7. The van der Waals surface area contributed by atoms with E-state index in [0.717, 1.165) is 0 Å². The molecule has 0 aromatic rings. The van der Waals surface area contributed by atoms with Crippen molar-refractivity contribution in [2.75, 3.05) is 11.0 Å². The molecule has 0 atom stereocenters. The van der Waals surface area contributed by atoms with Crippen LogP contribution in [-0.2, 0) is 9.53 Å². The molecule has 0 saturated carbocycles. The van der Waals surface area contributed by atoms with Crippen LogP contribution in [0.1, 0.15) is 0 Å². The Morgan fingerprint density at radius 1 is 1.50 bits per heavy atom. The largest absolute Gasteiger partial charge is 0.453 e. The van der Waals surface area contributed by atoms with Gasteiger partial charge in [0.15, 0.2) is 6.61 Å². The number of halogens is 4. The van der Waals surface area contributed by atoms with E-state index in [1.165, 1.54) is 0 Å². The lowest BCUT2D eigenvalue weighted by atomic mass is 10.4. The molecule has 0 aromatic carbocycles. The second kappa shape index (κ2) is 4.68. The SMILES string of the molecule is C=C(CI)C(=O)OCC(F)(F)F. The molecule has 0 aromatic heterocycles. The molecule has 0 aliphatic rings. The molecule has 0 saturated heterocycles. The molecule has 0 spiro atoms. The Kier molecular flexibility index (Phi) is 4.58. The molecular formula is C6H6F3IO2. The number of carbonyl (C=O) groups excluding carboxylic acids is 1. The van der Waals surface area contributed by atoms with Crippen molar-refractivity contribution in [2.24, 2.45) is 0 Å². The van der Waals surface area contributed by atoms with Gasteiger partial charge in [-0.15, -0.1) is 0 Å². The minimum Gasteiger partial charge on any atom is -0.453 e. The van der Waals surface area contributed by atoms with Gasteiger partial charge in [0, 0.05) is 10.0 Å². The summed E-state index contributed by atoms with van der Waals surface area (Å²) in [6, 6.07) is 0.